The highest BCUT2D eigenvalue weighted by atomic mass is 19.4. The normalized spacial score (nSPS) is 17.1. The van der Waals surface area contributed by atoms with Crippen LogP contribution in [0.4, 0.5) is 24.7 Å². The van der Waals surface area contributed by atoms with Crippen LogP contribution in [0.3, 0.4) is 0 Å². The van der Waals surface area contributed by atoms with Crippen LogP contribution in [0.1, 0.15) is 41.6 Å². The average Bonchev–Trinajstić information content (AvgIpc) is 2.72. The summed E-state index contributed by atoms with van der Waals surface area (Å²) in [7, 11) is 0. The molecule has 1 saturated heterocycles. The van der Waals surface area contributed by atoms with E-state index < -0.39 is 6.36 Å². The van der Waals surface area contributed by atoms with Crippen LogP contribution in [0.25, 0.3) is 0 Å². The van der Waals surface area contributed by atoms with Crippen molar-refractivity contribution in [2.45, 2.75) is 38.5 Å². The molecule has 1 aromatic carbocycles. The molecule has 1 fully saturated rings. The number of nitrogens with zero attached hydrogens (tertiary/aromatic N) is 3. The lowest BCUT2D eigenvalue weighted by atomic mass is 10.00. The van der Waals surface area contributed by atoms with E-state index in [1.54, 1.807) is 23.2 Å². The largest absolute Gasteiger partial charge is 0.573 e. The van der Waals surface area contributed by atoms with E-state index in [4.69, 9.17) is 0 Å². The molecule has 2 aliphatic heterocycles. The molecule has 0 aliphatic carbocycles. The number of carbonyl (C=O) groups excluding carboxylic acids is 1. The van der Waals surface area contributed by atoms with Gasteiger partial charge in [0.25, 0.3) is 5.91 Å². The molecule has 5 nitrogen and oxygen atoms in total. The molecule has 4 rings (SSSR count). The van der Waals surface area contributed by atoms with E-state index in [9.17, 15) is 18.0 Å². The lowest BCUT2D eigenvalue weighted by Gasteiger charge is -2.33. The molecule has 0 spiro atoms. The number of aromatic nitrogens is 1. The molecule has 0 atom stereocenters. The van der Waals surface area contributed by atoms with Gasteiger partial charge in [-0.05, 0) is 68.0 Å². The predicted octanol–water partition coefficient (Wildman–Crippen LogP) is 4.56. The number of hydrogen-bond donors (Lipinski definition) is 0. The van der Waals surface area contributed by atoms with Gasteiger partial charge in [-0.15, -0.1) is 13.2 Å². The van der Waals surface area contributed by atoms with Gasteiger partial charge in [0, 0.05) is 31.5 Å². The molecule has 1 aromatic heterocycles. The second-order valence-electron chi connectivity index (χ2n) is 7.32. The smallest absolute Gasteiger partial charge is 0.406 e. The van der Waals surface area contributed by atoms with Crippen molar-refractivity contribution in [1.29, 1.82) is 0 Å². The topological polar surface area (TPSA) is 45.7 Å². The first-order valence-electron chi connectivity index (χ1n) is 9.83. The number of rotatable bonds is 3. The fourth-order valence-electron chi connectivity index (χ4n) is 4.05. The van der Waals surface area contributed by atoms with Crippen LogP contribution in [0.2, 0.25) is 0 Å². The van der Waals surface area contributed by atoms with E-state index in [1.165, 1.54) is 24.6 Å². The number of hydrogen-bond acceptors (Lipinski definition) is 4. The molecule has 0 radical (unpaired) electrons. The Kier molecular flexibility index (Phi) is 5.34. The van der Waals surface area contributed by atoms with Gasteiger partial charge in [-0.1, -0.05) is 0 Å². The summed E-state index contributed by atoms with van der Waals surface area (Å²) in [6.45, 7) is 2.25. The van der Waals surface area contributed by atoms with E-state index in [0.717, 1.165) is 25.9 Å². The predicted molar refractivity (Wildman–Crippen MR) is 103 cm³/mol. The zero-order chi connectivity index (χ0) is 20.4. The number of pyridine rings is 1. The van der Waals surface area contributed by atoms with Gasteiger partial charge < -0.3 is 14.5 Å². The third-order valence-corrected chi connectivity index (χ3v) is 5.32. The number of aryl methyl sites for hydroxylation is 1. The molecule has 8 heteroatoms. The summed E-state index contributed by atoms with van der Waals surface area (Å²) in [5.41, 5.74) is 1.83. The number of fused-ring (bicyclic) bond motifs is 1. The molecule has 0 N–H and O–H groups in total. The quantitative estimate of drug-likeness (QED) is 0.751. The molecule has 0 unspecified atom stereocenters. The Bertz CT molecular complexity index is 895. The molecule has 0 saturated carbocycles. The Morgan fingerprint density at radius 1 is 1.03 bits per heavy atom. The van der Waals surface area contributed by atoms with Crippen LogP contribution < -0.4 is 14.5 Å². The molecule has 2 aliphatic rings. The van der Waals surface area contributed by atoms with Gasteiger partial charge >= 0.3 is 6.36 Å². The van der Waals surface area contributed by atoms with Gasteiger partial charge in [-0.25, -0.2) is 4.98 Å². The summed E-state index contributed by atoms with van der Waals surface area (Å²) in [6.07, 6.45) is 1.53. The molecule has 1 amide bonds. The lowest BCUT2D eigenvalue weighted by Crippen LogP contribution is -2.38. The van der Waals surface area contributed by atoms with Gasteiger partial charge in [0.1, 0.15) is 11.6 Å². The van der Waals surface area contributed by atoms with Gasteiger partial charge in [0.05, 0.1) is 5.56 Å². The van der Waals surface area contributed by atoms with Crippen molar-refractivity contribution in [2.24, 2.45) is 0 Å². The van der Waals surface area contributed by atoms with Gasteiger partial charge in [0.15, 0.2) is 0 Å². The van der Waals surface area contributed by atoms with E-state index in [1.807, 2.05) is 0 Å². The monoisotopic (exact) mass is 405 g/mol. The minimum absolute atomic E-state index is 0.177. The Hall–Kier alpha value is -2.77. The number of anilines is 2. The maximum atomic E-state index is 13.4. The van der Waals surface area contributed by atoms with Crippen LogP contribution in [0.15, 0.2) is 36.5 Å². The molecular formula is C21H22F3N3O2. The van der Waals surface area contributed by atoms with Gasteiger partial charge in [0.2, 0.25) is 0 Å². The molecule has 2 aromatic rings. The number of carbonyl (C=O) groups is 1. The average molecular weight is 405 g/mol. The molecule has 154 valence electrons. The summed E-state index contributed by atoms with van der Waals surface area (Å²) in [5.74, 6) is 0.242. The van der Waals surface area contributed by atoms with Crippen LogP contribution in [-0.4, -0.2) is 36.9 Å². The maximum absolute atomic E-state index is 13.4. The summed E-state index contributed by atoms with van der Waals surface area (Å²) in [5, 5.41) is 0. The molecule has 0 bridgehead atoms. The van der Waals surface area contributed by atoms with Crippen LogP contribution in [0.5, 0.6) is 5.75 Å². The first kappa shape index (κ1) is 19.5. The van der Waals surface area contributed by atoms with E-state index >= 15 is 0 Å². The van der Waals surface area contributed by atoms with E-state index in [0.29, 0.717) is 42.0 Å². The third-order valence-electron chi connectivity index (χ3n) is 5.32. The summed E-state index contributed by atoms with van der Waals surface area (Å²) >= 11 is 0. The third kappa shape index (κ3) is 4.31. The lowest BCUT2D eigenvalue weighted by molar-refractivity contribution is -0.274. The fourth-order valence-corrected chi connectivity index (χ4v) is 4.05. The second-order valence-corrected chi connectivity index (χ2v) is 7.32. The number of benzene rings is 1. The number of amides is 1. The van der Waals surface area contributed by atoms with Crippen LogP contribution in [0, 0.1) is 0 Å². The molecule has 29 heavy (non-hydrogen) atoms. The minimum atomic E-state index is -4.74. The van der Waals surface area contributed by atoms with Crippen LogP contribution in [-0.2, 0) is 6.42 Å². The maximum Gasteiger partial charge on any atom is 0.573 e. The first-order valence-corrected chi connectivity index (χ1v) is 9.83. The molecule has 3 heterocycles. The van der Waals surface area contributed by atoms with Crippen molar-refractivity contribution in [3.8, 4) is 5.75 Å². The highest BCUT2D eigenvalue weighted by Gasteiger charge is 2.32. The zero-order valence-electron chi connectivity index (χ0n) is 15.9. The van der Waals surface area contributed by atoms with Crippen molar-refractivity contribution in [3.05, 3.63) is 47.7 Å². The zero-order valence-corrected chi connectivity index (χ0v) is 15.9. The number of piperidine rings is 1. The fraction of sp³-hybridized carbons (Fsp3) is 0.429. The minimum Gasteiger partial charge on any atom is -0.406 e. The summed E-state index contributed by atoms with van der Waals surface area (Å²) in [4.78, 5) is 21.6. The number of halogens is 3. The first-order chi connectivity index (χ1) is 13.9. The Balaban J connectivity index is 1.63. The van der Waals surface area contributed by atoms with Crippen molar-refractivity contribution < 1.29 is 22.7 Å². The van der Waals surface area contributed by atoms with Crippen molar-refractivity contribution in [1.82, 2.24) is 4.98 Å². The number of ether oxygens (including phenoxy) is 1. The molecular weight excluding hydrogens is 383 g/mol. The van der Waals surface area contributed by atoms with Gasteiger partial charge in [-0.3, -0.25) is 4.79 Å². The van der Waals surface area contributed by atoms with Crippen LogP contribution >= 0.6 is 0 Å². The van der Waals surface area contributed by atoms with E-state index in [2.05, 4.69) is 14.6 Å². The Morgan fingerprint density at radius 2 is 1.83 bits per heavy atom. The van der Waals surface area contributed by atoms with Crippen molar-refractivity contribution >= 4 is 17.4 Å². The second kappa shape index (κ2) is 7.93. The Labute approximate surface area is 167 Å². The highest BCUT2D eigenvalue weighted by Crippen LogP contribution is 2.34. The summed E-state index contributed by atoms with van der Waals surface area (Å²) in [6, 6.07) is 7.68. The highest BCUT2D eigenvalue weighted by molar-refractivity contribution is 6.09. The van der Waals surface area contributed by atoms with Crippen molar-refractivity contribution in [2.75, 3.05) is 29.4 Å². The van der Waals surface area contributed by atoms with Gasteiger partial charge in [-0.2, -0.15) is 0 Å². The Morgan fingerprint density at radius 3 is 2.59 bits per heavy atom. The SMILES string of the molecule is O=C(c1cccnc1N1CCCCC1)N1CCCc2cc(OC(F)(F)F)ccc21. The standard InChI is InChI=1S/C21H22F3N3O2/c22-21(23,24)29-16-8-9-18-15(14-16)6-5-13-27(18)20(28)17-7-4-10-25-19(17)26-11-2-1-3-12-26/h4,7-10,14H,1-3,5-6,11-13H2. The summed E-state index contributed by atoms with van der Waals surface area (Å²) < 4.78 is 41.6. The number of alkyl halides is 3. The van der Waals surface area contributed by atoms with Crippen molar-refractivity contribution in [3.63, 3.8) is 0 Å². The van der Waals surface area contributed by atoms with E-state index in [-0.39, 0.29) is 11.7 Å².